The van der Waals surface area contributed by atoms with Crippen molar-refractivity contribution < 1.29 is 9.15 Å². The van der Waals surface area contributed by atoms with Crippen LogP contribution in [0.4, 0.5) is 0 Å². The van der Waals surface area contributed by atoms with Crippen LogP contribution >= 0.6 is 34.8 Å². The smallest absolute Gasteiger partial charge is 0.254 e. The first-order valence-corrected chi connectivity index (χ1v) is 7.42. The summed E-state index contributed by atoms with van der Waals surface area (Å²) in [6.07, 6.45) is 0. The van der Waals surface area contributed by atoms with Crippen molar-refractivity contribution >= 4 is 34.8 Å². The molecule has 2 aromatic carbocycles. The average Bonchev–Trinajstić information content (AvgIpc) is 2.96. The summed E-state index contributed by atoms with van der Waals surface area (Å²) in [4.78, 5) is 0. The Labute approximate surface area is 141 Å². The summed E-state index contributed by atoms with van der Waals surface area (Å²) in [6.45, 7) is 0.0665. The Morgan fingerprint density at radius 1 is 0.955 bits per heavy atom. The second-order valence-electron chi connectivity index (χ2n) is 4.35. The van der Waals surface area contributed by atoms with Crippen LogP contribution in [0.1, 0.15) is 5.89 Å². The molecule has 22 heavy (non-hydrogen) atoms. The monoisotopic (exact) mass is 354 g/mol. The molecule has 0 amide bonds. The van der Waals surface area contributed by atoms with Crippen LogP contribution < -0.4 is 4.74 Å². The summed E-state index contributed by atoms with van der Waals surface area (Å²) in [6, 6.07) is 12.3. The van der Waals surface area contributed by atoms with E-state index in [-0.39, 0.29) is 6.61 Å². The molecular weight excluding hydrogens is 347 g/mol. The van der Waals surface area contributed by atoms with Gasteiger partial charge in [0, 0.05) is 10.6 Å². The molecule has 0 aliphatic carbocycles. The van der Waals surface area contributed by atoms with E-state index in [2.05, 4.69) is 10.2 Å². The maximum Gasteiger partial charge on any atom is 0.254 e. The van der Waals surface area contributed by atoms with E-state index >= 15 is 0 Å². The first kappa shape index (κ1) is 15.2. The molecule has 0 radical (unpaired) electrons. The van der Waals surface area contributed by atoms with E-state index in [9.17, 15) is 0 Å². The fourth-order valence-corrected chi connectivity index (χ4v) is 2.50. The van der Waals surface area contributed by atoms with Crippen LogP contribution in [0.5, 0.6) is 5.75 Å². The fraction of sp³-hybridized carbons (Fsp3) is 0.0667. The second kappa shape index (κ2) is 6.57. The predicted octanol–water partition coefficient (Wildman–Crippen LogP) is 5.28. The molecule has 112 valence electrons. The Morgan fingerprint density at radius 2 is 1.68 bits per heavy atom. The molecule has 3 rings (SSSR count). The van der Waals surface area contributed by atoms with Crippen molar-refractivity contribution in [3.8, 4) is 17.2 Å². The standard InChI is InChI=1S/C15H9Cl3N2O2/c16-10-4-1-3-9(7-10)15-20-19-13(22-15)8-21-14-11(17)5-2-6-12(14)18/h1-7H,8H2. The fourth-order valence-electron chi connectivity index (χ4n) is 1.80. The van der Waals surface area contributed by atoms with Crippen LogP contribution in [0.3, 0.4) is 0 Å². The van der Waals surface area contributed by atoms with Gasteiger partial charge in [0.15, 0.2) is 12.4 Å². The number of hydrogen-bond donors (Lipinski definition) is 0. The van der Waals surface area contributed by atoms with Crippen LogP contribution in [-0.4, -0.2) is 10.2 Å². The third-order valence-corrected chi connectivity index (χ3v) is 3.63. The van der Waals surface area contributed by atoms with Gasteiger partial charge >= 0.3 is 0 Å². The van der Waals surface area contributed by atoms with Crippen LogP contribution in [0.15, 0.2) is 46.9 Å². The zero-order valence-corrected chi connectivity index (χ0v) is 13.4. The Balaban J connectivity index is 1.75. The second-order valence-corrected chi connectivity index (χ2v) is 5.60. The van der Waals surface area contributed by atoms with E-state index in [1.54, 1.807) is 30.3 Å². The summed E-state index contributed by atoms with van der Waals surface area (Å²) >= 11 is 18.0. The SMILES string of the molecule is Clc1cccc(-c2nnc(COc3c(Cl)cccc3Cl)o2)c1. The average molecular weight is 356 g/mol. The van der Waals surface area contributed by atoms with Gasteiger partial charge < -0.3 is 9.15 Å². The molecule has 0 saturated heterocycles. The minimum absolute atomic E-state index is 0.0665. The van der Waals surface area contributed by atoms with Gasteiger partial charge in [-0.2, -0.15) is 0 Å². The number of para-hydroxylation sites is 1. The molecule has 4 nitrogen and oxygen atoms in total. The first-order valence-electron chi connectivity index (χ1n) is 6.28. The van der Waals surface area contributed by atoms with Gasteiger partial charge in [0.25, 0.3) is 5.89 Å². The number of halogens is 3. The minimum atomic E-state index is 0.0665. The van der Waals surface area contributed by atoms with Crippen molar-refractivity contribution in [1.82, 2.24) is 10.2 Å². The van der Waals surface area contributed by atoms with Crippen molar-refractivity contribution in [1.29, 1.82) is 0 Å². The molecule has 0 spiro atoms. The molecule has 7 heteroatoms. The Morgan fingerprint density at radius 3 is 2.41 bits per heavy atom. The summed E-state index contributed by atoms with van der Waals surface area (Å²) in [5.74, 6) is 1.06. The molecule has 0 saturated carbocycles. The zero-order valence-electron chi connectivity index (χ0n) is 11.1. The Bertz CT molecular complexity index is 785. The van der Waals surface area contributed by atoms with E-state index in [1.807, 2.05) is 12.1 Å². The Hall–Kier alpha value is -1.75. The summed E-state index contributed by atoms with van der Waals surface area (Å²) in [7, 11) is 0. The molecule has 0 unspecified atom stereocenters. The van der Waals surface area contributed by atoms with Crippen molar-refractivity contribution in [2.75, 3.05) is 0 Å². The van der Waals surface area contributed by atoms with Crippen molar-refractivity contribution in [2.45, 2.75) is 6.61 Å². The molecule has 0 aliphatic rings. The topological polar surface area (TPSA) is 48.2 Å². The molecule has 1 aromatic heterocycles. The van der Waals surface area contributed by atoms with Gasteiger partial charge in [-0.25, -0.2) is 0 Å². The third kappa shape index (κ3) is 3.35. The molecule has 0 atom stereocenters. The van der Waals surface area contributed by atoms with Gasteiger partial charge in [0.2, 0.25) is 5.89 Å². The number of aromatic nitrogens is 2. The van der Waals surface area contributed by atoms with Crippen LogP contribution in [0, 0.1) is 0 Å². The number of ether oxygens (including phenoxy) is 1. The van der Waals surface area contributed by atoms with Crippen molar-refractivity contribution in [2.24, 2.45) is 0 Å². The molecular formula is C15H9Cl3N2O2. The van der Waals surface area contributed by atoms with Gasteiger partial charge in [-0.05, 0) is 30.3 Å². The van der Waals surface area contributed by atoms with Crippen LogP contribution in [0.2, 0.25) is 15.1 Å². The quantitative estimate of drug-likeness (QED) is 0.639. The highest BCUT2D eigenvalue weighted by Crippen LogP contribution is 2.33. The lowest BCUT2D eigenvalue weighted by molar-refractivity contribution is 0.265. The van der Waals surface area contributed by atoms with Gasteiger partial charge in [-0.3, -0.25) is 0 Å². The molecule has 0 N–H and O–H groups in total. The summed E-state index contributed by atoms with van der Waals surface area (Å²) in [5.41, 5.74) is 0.738. The lowest BCUT2D eigenvalue weighted by Gasteiger charge is -2.07. The molecule has 0 fully saturated rings. The molecule has 0 bridgehead atoms. The molecule has 3 aromatic rings. The van der Waals surface area contributed by atoms with E-state index in [0.717, 1.165) is 5.56 Å². The zero-order chi connectivity index (χ0) is 15.5. The lowest BCUT2D eigenvalue weighted by atomic mass is 10.2. The molecule has 1 heterocycles. The van der Waals surface area contributed by atoms with Gasteiger partial charge in [0.05, 0.1) is 10.0 Å². The van der Waals surface area contributed by atoms with Gasteiger partial charge in [-0.1, -0.05) is 46.9 Å². The first-order chi connectivity index (χ1) is 10.6. The summed E-state index contributed by atoms with van der Waals surface area (Å²) in [5, 5.41) is 9.32. The van der Waals surface area contributed by atoms with Crippen LogP contribution in [-0.2, 0) is 6.61 Å². The normalized spacial score (nSPS) is 10.7. The van der Waals surface area contributed by atoms with E-state index in [1.165, 1.54) is 0 Å². The number of benzene rings is 2. The predicted molar refractivity (Wildman–Crippen MR) is 85.5 cm³/mol. The van der Waals surface area contributed by atoms with Crippen molar-refractivity contribution in [3.05, 3.63) is 63.4 Å². The largest absolute Gasteiger partial charge is 0.481 e. The number of nitrogens with zero attached hydrogens (tertiary/aromatic N) is 2. The molecule has 0 aliphatic heterocycles. The highest BCUT2D eigenvalue weighted by atomic mass is 35.5. The van der Waals surface area contributed by atoms with E-state index < -0.39 is 0 Å². The maximum absolute atomic E-state index is 6.02. The third-order valence-electron chi connectivity index (χ3n) is 2.80. The minimum Gasteiger partial charge on any atom is -0.481 e. The Kier molecular flexibility index (Phi) is 4.52. The number of hydrogen-bond acceptors (Lipinski definition) is 4. The highest BCUT2D eigenvalue weighted by Gasteiger charge is 2.12. The van der Waals surface area contributed by atoms with Crippen molar-refractivity contribution in [3.63, 3.8) is 0 Å². The van der Waals surface area contributed by atoms with Gasteiger partial charge in [0.1, 0.15) is 0 Å². The highest BCUT2D eigenvalue weighted by molar-refractivity contribution is 6.37. The lowest BCUT2D eigenvalue weighted by Crippen LogP contribution is -1.96. The van der Waals surface area contributed by atoms with Gasteiger partial charge in [-0.15, -0.1) is 10.2 Å². The number of rotatable bonds is 4. The van der Waals surface area contributed by atoms with E-state index in [0.29, 0.717) is 32.6 Å². The van der Waals surface area contributed by atoms with Crippen LogP contribution in [0.25, 0.3) is 11.5 Å². The van der Waals surface area contributed by atoms with E-state index in [4.69, 9.17) is 44.0 Å². The summed E-state index contributed by atoms with van der Waals surface area (Å²) < 4.78 is 11.1. The maximum atomic E-state index is 6.02.